The third-order valence-corrected chi connectivity index (χ3v) is 5.94. The van der Waals surface area contributed by atoms with Crippen molar-refractivity contribution in [1.82, 2.24) is 14.3 Å². The molecule has 1 saturated heterocycles. The zero-order chi connectivity index (χ0) is 18.7. The van der Waals surface area contributed by atoms with Crippen LogP contribution < -0.4 is 4.74 Å². The first-order valence-electron chi connectivity index (χ1n) is 8.05. The van der Waals surface area contributed by atoms with Crippen molar-refractivity contribution < 1.29 is 22.7 Å². The summed E-state index contributed by atoms with van der Waals surface area (Å²) in [7, 11) is -2.38. The van der Waals surface area contributed by atoms with Gasteiger partial charge in [-0.2, -0.15) is 9.29 Å². The van der Waals surface area contributed by atoms with E-state index in [1.165, 1.54) is 35.7 Å². The van der Waals surface area contributed by atoms with Crippen molar-refractivity contribution in [3.05, 3.63) is 47.9 Å². The lowest BCUT2D eigenvalue weighted by molar-refractivity contribution is 0.0600. The predicted octanol–water partition coefficient (Wildman–Crippen LogP) is 1.41. The summed E-state index contributed by atoms with van der Waals surface area (Å²) in [5.41, 5.74) is 0.299. The van der Waals surface area contributed by atoms with Gasteiger partial charge in [0.15, 0.2) is 0 Å². The highest BCUT2D eigenvalue weighted by Gasteiger charge is 2.34. The van der Waals surface area contributed by atoms with Crippen LogP contribution >= 0.6 is 0 Å². The number of rotatable bonds is 5. The second kappa shape index (κ2) is 7.38. The van der Waals surface area contributed by atoms with Crippen LogP contribution in [-0.2, 0) is 14.8 Å². The molecule has 1 unspecified atom stereocenters. The van der Waals surface area contributed by atoms with Gasteiger partial charge in [-0.25, -0.2) is 18.2 Å². The first-order valence-corrected chi connectivity index (χ1v) is 9.49. The third kappa shape index (κ3) is 3.83. The molecule has 0 radical (unpaired) electrons. The molecule has 138 valence electrons. The molecule has 2 aromatic rings. The minimum atomic E-state index is -3.65. The Bertz CT molecular complexity index is 899. The highest BCUT2D eigenvalue weighted by molar-refractivity contribution is 7.89. The summed E-state index contributed by atoms with van der Waals surface area (Å²) < 4.78 is 37.3. The second-order valence-corrected chi connectivity index (χ2v) is 7.79. The van der Waals surface area contributed by atoms with Crippen molar-refractivity contribution in [1.29, 1.82) is 0 Å². The van der Waals surface area contributed by atoms with Crippen LogP contribution in [0, 0.1) is 6.92 Å². The van der Waals surface area contributed by atoms with E-state index in [1.807, 2.05) is 0 Å². The number of sulfonamides is 1. The van der Waals surface area contributed by atoms with Crippen LogP contribution in [-0.4, -0.2) is 55.0 Å². The van der Waals surface area contributed by atoms with E-state index in [1.54, 1.807) is 19.2 Å². The molecule has 9 heteroatoms. The second-order valence-electron chi connectivity index (χ2n) is 5.85. The minimum absolute atomic E-state index is 0.128. The van der Waals surface area contributed by atoms with E-state index in [9.17, 15) is 13.2 Å². The smallest absolute Gasteiger partial charge is 0.337 e. The molecule has 0 spiro atoms. The fourth-order valence-electron chi connectivity index (χ4n) is 2.71. The van der Waals surface area contributed by atoms with Gasteiger partial charge in [-0.3, -0.25) is 0 Å². The van der Waals surface area contributed by atoms with Gasteiger partial charge in [-0.05, 0) is 37.6 Å². The van der Waals surface area contributed by atoms with E-state index >= 15 is 0 Å². The largest absolute Gasteiger partial charge is 0.473 e. The number of aromatic nitrogens is 2. The maximum Gasteiger partial charge on any atom is 0.337 e. The number of carbonyl (C=O) groups excluding carboxylic acids is 1. The molecule has 8 nitrogen and oxygen atoms in total. The first-order chi connectivity index (χ1) is 12.4. The molecule has 1 aliphatic rings. The Morgan fingerprint density at radius 3 is 2.62 bits per heavy atom. The Labute approximate surface area is 151 Å². The lowest BCUT2D eigenvalue weighted by atomic mass is 10.2. The van der Waals surface area contributed by atoms with Gasteiger partial charge < -0.3 is 9.47 Å². The molecule has 0 aliphatic carbocycles. The summed E-state index contributed by atoms with van der Waals surface area (Å²) in [6, 6.07) is 7.33. The Hall–Kier alpha value is -2.52. The Kier molecular flexibility index (Phi) is 5.19. The normalized spacial score (nSPS) is 17.8. The van der Waals surface area contributed by atoms with Crippen molar-refractivity contribution in [2.45, 2.75) is 24.3 Å². The van der Waals surface area contributed by atoms with Crippen LogP contribution in [0.5, 0.6) is 5.88 Å². The Balaban J connectivity index is 1.69. The third-order valence-electron chi connectivity index (χ3n) is 4.06. The molecule has 26 heavy (non-hydrogen) atoms. The summed E-state index contributed by atoms with van der Waals surface area (Å²) in [4.78, 5) is 19.8. The van der Waals surface area contributed by atoms with Gasteiger partial charge in [0, 0.05) is 18.8 Å². The number of esters is 1. The first kappa shape index (κ1) is 18.3. The van der Waals surface area contributed by atoms with Gasteiger partial charge in [-0.1, -0.05) is 0 Å². The van der Waals surface area contributed by atoms with Crippen LogP contribution in [0.4, 0.5) is 0 Å². The summed E-state index contributed by atoms with van der Waals surface area (Å²) in [5, 5.41) is 0. The number of hydrogen-bond acceptors (Lipinski definition) is 7. The molecule has 0 saturated carbocycles. The SMILES string of the molecule is COC(=O)c1ccc(S(=O)(=O)N2CCC(Oc3ccnc(C)n3)C2)cc1. The maximum absolute atomic E-state index is 12.8. The highest BCUT2D eigenvalue weighted by Crippen LogP contribution is 2.24. The summed E-state index contributed by atoms with van der Waals surface area (Å²) >= 11 is 0. The summed E-state index contributed by atoms with van der Waals surface area (Å²) in [6.07, 6.45) is 1.90. The number of hydrogen-bond donors (Lipinski definition) is 0. The predicted molar refractivity (Wildman–Crippen MR) is 92.3 cm³/mol. The van der Waals surface area contributed by atoms with Gasteiger partial charge in [0.2, 0.25) is 15.9 Å². The van der Waals surface area contributed by atoms with E-state index in [-0.39, 0.29) is 17.5 Å². The molecule has 0 amide bonds. The molecule has 2 heterocycles. The van der Waals surface area contributed by atoms with E-state index < -0.39 is 16.0 Å². The topological polar surface area (TPSA) is 98.7 Å². The monoisotopic (exact) mass is 377 g/mol. The molecule has 0 bridgehead atoms. The average molecular weight is 377 g/mol. The van der Waals surface area contributed by atoms with Gasteiger partial charge in [0.1, 0.15) is 11.9 Å². The summed E-state index contributed by atoms with van der Waals surface area (Å²) in [5.74, 6) is 0.517. The zero-order valence-corrected chi connectivity index (χ0v) is 15.3. The van der Waals surface area contributed by atoms with Crippen LogP contribution in [0.1, 0.15) is 22.6 Å². The molecular weight excluding hydrogens is 358 g/mol. The maximum atomic E-state index is 12.8. The van der Waals surface area contributed by atoms with Gasteiger partial charge in [-0.15, -0.1) is 0 Å². The Morgan fingerprint density at radius 2 is 1.96 bits per heavy atom. The van der Waals surface area contributed by atoms with Gasteiger partial charge >= 0.3 is 5.97 Å². The number of benzene rings is 1. The average Bonchev–Trinajstić information content (AvgIpc) is 3.10. The molecular formula is C17H19N3O5S. The van der Waals surface area contributed by atoms with E-state index in [2.05, 4.69) is 14.7 Å². The van der Waals surface area contributed by atoms with Gasteiger partial charge in [0.05, 0.1) is 24.1 Å². The number of methoxy groups -OCH3 is 1. The summed E-state index contributed by atoms with van der Waals surface area (Å²) in [6.45, 7) is 2.36. The number of carbonyl (C=O) groups is 1. The molecule has 1 atom stereocenters. The molecule has 1 fully saturated rings. The van der Waals surface area contributed by atoms with Crippen LogP contribution in [0.15, 0.2) is 41.4 Å². The number of nitrogens with zero attached hydrogens (tertiary/aromatic N) is 3. The highest BCUT2D eigenvalue weighted by atomic mass is 32.2. The minimum Gasteiger partial charge on any atom is -0.473 e. The van der Waals surface area contributed by atoms with E-state index in [0.717, 1.165) is 0 Å². The molecule has 3 rings (SSSR count). The van der Waals surface area contributed by atoms with Crippen molar-refractivity contribution in [2.75, 3.05) is 20.2 Å². The van der Waals surface area contributed by atoms with Crippen molar-refractivity contribution >= 4 is 16.0 Å². The van der Waals surface area contributed by atoms with Crippen LogP contribution in [0.3, 0.4) is 0 Å². The standard InChI is InChI=1S/C17H19N3O5S/c1-12-18-9-7-16(19-12)25-14-8-10-20(11-14)26(22,23)15-5-3-13(4-6-15)17(21)24-2/h3-7,9,14H,8,10-11H2,1-2H3. The molecule has 1 aliphatic heterocycles. The molecule has 0 N–H and O–H groups in total. The Morgan fingerprint density at radius 1 is 1.23 bits per heavy atom. The molecule has 1 aromatic carbocycles. The quantitative estimate of drug-likeness (QED) is 0.727. The number of aryl methyl sites for hydroxylation is 1. The van der Waals surface area contributed by atoms with Crippen LogP contribution in [0.2, 0.25) is 0 Å². The lowest BCUT2D eigenvalue weighted by Crippen LogP contribution is -2.31. The van der Waals surface area contributed by atoms with Gasteiger partial charge in [0.25, 0.3) is 0 Å². The number of ether oxygens (including phenoxy) is 2. The van der Waals surface area contributed by atoms with Crippen molar-refractivity contribution in [2.24, 2.45) is 0 Å². The van der Waals surface area contributed by atoms with Crippen LogP contribution in [0.25, 0.3) is 0 Å². The van der Waals surface area contributed by atoms with Crippen molar-refractivity contribution in [3.63, 3.8) is 0 Å². The lowest BCUT2D eigenvalue weighted by Gasteiger charge is -2.17. The van der Waals surface area contributed by atoms with Crippen molar-refractivity contribution in [3.8, 4) is 5.88 Å². The fourth-order valence-corrected chi connectivity index (χ4v) is 4.20. The molecule has 1 aromatic heterocycles. The van der Waals surface area contributed by atoms with E-state index in [4.69, 9.17) is 4.74 Å². The van der Waals surface area contributed by atoms with E-state index in [0.29, 0.717) is 30.2 Å². The zero-order valence-electron chi connectivity index (χ0n) is 14.5. The fraction of sp³-hybridized carbons (Fsp3) is 0.353.